The Morgan fingerprint density at radius 1 is 0.656 bits per heavy atom. The van der Waals surface area contributed by atoms with Crippen LogP contribution in [0.2, 0.25) is 0 Å². The Kier molecular flexibility index (Phi) is 4.70. The summed E-state index contributed by atoms with van der Waals surface area (Å²) < 4.78 is 50.4. The van der Waals surface area contributed by atoms with Crippen LogP contribution >= 0.6 is 0 Å². The van der Waals surface area contributed by atoms with Crippen LogP contribution in [0.4, 0.5) is 13.2 Å². The third kappa shape index (κ3) is 3.30. The third-order valence-corrected chi connectivity index (χ3v) is 5.80. The molecule has 0 aliphatic heterocycles. The number of rotatable bonds is 4. The largest absolute Gasteiger partial charge is 0.496 e. The summed E-state index contributed by atoms with van der Waals surface area (Å²) in [6.45, 7) is 0. The molecule has 0 unspecified atom stereocenters. The number of ether oxygens (including phenoxy) is 2. The van der Waals surface area contributed by atoms with Gasteiger partial charge in [0.15, 0.2) is 0 Å². The van der Waals surface area contributed by atoms with Crippen LogP contribution in [0.25, 0.3) is 21.9 Å². The van der Waals surface area contributed by atoms with Gasteiger partial charge in [0.2, 0.25) is 0 Å². The first-order chi connectivity index (χ1) is 15.4. The first-order valence-electron chi connectivity index (χ1n) is 10.1. The van der Waals surface area contributed by atoms with E-state index in [9.17, 15) is 13.2 Å². The maximum Gasteiger partial charge on any atom is 0.416 e. The van der Waals surface area contributed by atoms with E-state index < -0.39 is 11.7 Å². The molecular weight excluding hydrogens is 413 g/mol. The molecule has 2 nitrogen and oxygen atoms in total. The molecular formula is C27H19F3O2. The normalized spacial score (nSPS) is 12.5. The average molecular weight is 432 g/mol. The number of hydrogen-bond donors (Lipinski definition) is 0. The van der Waals surface area contributed by atoms with E-state index in [2.05, 4.69) is 12.1 Å². The van der Waals surface area contributed by atoms with Crippen LogP contribution in [0.3, 0.4) is 0 Å². The average Bonchev–Trinajstić information content (AvgIpc) is 3.50. The smallest absolute Gasteiger partial charge is 0.416 e. The lowest BCUT2D eigenvalue weighted by molar-refractivity contribution is -0.137. The quantitative estimate of drug-likeness (QED) is 0.299. The fraction of sp³-hybridized carbons (Fsp3) is 0.111. The molecule has 5 heteroatoms. The Morgan fingerprint density at radius 2 is 1.16 bits per heavy atom. The molecule has 5 rings (SSSR count). The van der Waals surface area contributed by atoms with Crippen LogP contribution in [-0.2, 0) is 6.18 Å². The second-order valence-corrected chi connectivity index (χ2v) is 7.60. The summed E-state index contributed by atoms with van der Waals surface area (Å²) in [6.07, 6.45) is -4.37. The molecule has 4 aromatic rings. The van der Waals surface area contributed by atoms with E-state index in [1.54, 1.807) is 14.2 Å². The Morgan fingerprint density at radius 3 is 1.62 bits per heavy atom. The minimum atomic E-state index is -4.37. The molecule has 0 spiro atoms. The van der Waals surface area contributed by atoms with Gasteiger partial charge in [0.1, 0.15) is 11.5 Å². The molecule has 1 aliphatic rings. The van der Waals surface area contributed by atoms with Crippen molar-refractivity contribution in [3.63, 3.8) is 0 Å². The Labute approximate surface area is 183 Å². The Bertz CT molecular complexity index is 1300. The van der Waals surface area contributed by atoms with Crippen molar-refractivity contribution in [1.29, 1.82) is 0 Å². The molecule has 0 bridgehead atoms. The van der Waals surface area contributed by atoms with Crippen molar-refractivity contribution in [1.82, 2.24) is 0 Å². The SMILES string of the molecule is COc1ccc(OC)c2cc3c(cc12)C3=C(c1ccccc1)c1ccc(C(F)(F)F)cc1. The zero-order valence-electron chi connectivity index (χ0n) is 17.5. The predicted octanol–water partition coefficient (Wildman–Crippen LogP) is 7.20. The summed E-state index contributed by atoms with van der Waals surface area (Å²) in [6, 6.07) is 22.9. The lowest BCUT2D eigenvalue weighted by atomic mass is 9.95. The van der Waals surface area contributed by atoms with E-state index >= 15 is 0 Å². The fourth-order valence-corrected chi connectivity index (χ4v) is 4.21. The van der Waals surface area contributed by atoms with E-state index in [0.717, 1.165) is 67.8 Å². The minimum absolute atomic E-state index is 0.660. The van der Waals surface area contributed by atoms with Gasteiger partial charge in [-0.3, -0.25) is 0 Å². The van der Waals surface area contributed by atoms with Gasteiger partial charge in [-0.05, 0) is 69.8 Å². The second-order valence-electron chi connectivity index (χ2n) is 7.60. The zero-order chi connectivity index (χ0) is 22.5. The van der Waals surface area contributed by atoms with Crippen LogP contribution in [0.5, 0.6) is 11.5 Å². The lowest BCUT2D eigenvalue weighted by Crippen LogP contribution is -2.04. The van der Waals surface area contributed by atoms with E-state index in [0.29, 0.717) is 0 Å². The first kappa shape index (κ1) is 20.2. The molecule has 1 aliphatic carbocycles. The summed E-state index contributed by atoms with van der Waals surface area (Å²) in [7, 11) is 3.25. The van der Waals surface area contributed by atoms with Gasteiger partial charge in [0.05, 0.1) is 19.8 Å². The van der Waals surface area contributed by atoms with Crippen molar-refractivity contribution in [2.75, 3.05) is 14.2 Å². The summed E-state index contributed by atoms with van der Waals surface area (Å²) in [5.74, 6) is 1.48. The maximum atomic E-state index is 13.1. The standard InChI is InChI=1S/C27H19F3O2/c1-31-23-12-13-24(32-2)20-15-22-21(14-19(20)23)26(22)25(16-6-4-3-5-7-16)17-8-10-18(11-9-17)27(28,29)30/h3-15H,1-2H3. The topological polar surface area (TPSA) is 18.5 Å². The summed E-state index contributed by atoms with van der Waals surface area (Å²) in [4.78, 5) is 0. The fourth-order valence-electron chi connectivity index (χ4n) is 4.21. The van der Waals surface area contributed by atoms with E-state index in [1.165, 1.54) is 12.1 Å². The zero-order valence-corrected chi connectivity index (χ0v) is 17.5. The van der Waals surface area contributed by atoms with Crippen LogP contribution in [0.1, 0.15) is 27.8 Å². The highest BCUT2D eigenvalue weighted by molar-refractivity contribution is 6.19. The van der Waals surface area contributed by atoms with Crippen molar-refractivity contribution in [3.8, 4) is 11.5 Å². The van der Waals surface area contributed by atoms with Crippen molar-refractivity contribution in [2.45, 2.75) is 6.18 Å². The van der Waals surface area contributed by atoms with E-state index in [-0.39, 0.29) is 0 Å². The molecule has 32 heavy (non-hydrogen) atoms. The van der Waals surface area contributed by atoms with Crippen LogP contribution < -0.4 is 9.47 Å². The van der Waals surface area contributed by atoms with Gasteiger partial charge in [-0.1, -0.05) is 42.5 Å². The Hall–Kier alpha value is -3.73. The molecule has 160 valence electrons. The van der Waals surface area contributed by atoms with Gasteiger partial charge in [-0.25, -0.2) is 0 Å². The first-order valence-corrected chi connectivity index (χ1v) is 10.1. The number of methoxy groups -OCH3 is 2. The molecule has 0 radical (unpaired) electrons. The number of halogens is 3. The molecule has 0 atom stereocenters. The van der Waals surface area contributed by atoms with Gasteiger partial charge in [0, 0.05) is 10.8 Å². The maximum absolute atomic E-state index is 13.1. The van der Waals surface area contributed by atoms with Crippen LogP contribution in [0.15, 0.2) is 78.9 Å². The predicted molar refractivity (Wildman–Crippen MR) is 120 cm³/mol. The minimum Gasteiger partial charge on any atom is -0.496 e. The van der Waals surface area contributed by atoms with Gasteiger partial charge in [0.25, 0.3) is 0 Å². The van der Waals surface area contributed by atoms with E-state index in [4.69, 9.17) is 9.47 Å². The summed E-state index contributed by atoms with van der Waals surface area (Å²) >= 11 is 0. The highest BCUT2D eigenvalue weighted by atomic mass is 19.4. The van der Waals surface area contributed by atoms with Crippen molar-refractivity contribution in [3.05, 3.63) is 107 Å². The summed E-state index contributed by atoms with van der Waals surface area (Å²) in [5, 5.41) is 1.86. The monoisotopic (exact) mass is 432 g/mol. The molecule has 4 aromatic carbocycles. The molecule has 0 heterocycles. The number of fused-ring (bicyclic) bond motifs is 2. The Balaban J connectivity index is 1.73. The molecule has 0 saturated carbocycles. The van der Waals surface area contributed by atoms with Crippen LogP contribution in [-0.4, -0.2) is 14.2 Å². The molecule has 0 fully saturated rings. The summed E-state index contributed by atoms with van der Waals surface area (Å²) in [5.41, 5.74) is 5.07. The molecule has 0 aromatic heterocycles. The highest BCUT2D eigenvalue weighted by Gasteiger charge is 2.33. The number of alkyl halides is 3. The second kappa shape index (κ2) is 7.45. The van der Waals surface area contributed by atoms with Crippen molar-refractivity contribution < 1.29 is 22.6 Å². The molecule has 0 saturated heterocycles. The lowest BCUT2D eigenvalue weighted by Gasteiger charge is -2.11. The molecule has 0 amide bonds. The molecule has 0 N–H and O–H groups in total. The van der Waals surface area contributed by atoms with E-state index in [1.807, 2.05) is 42.5 Å². The van der Waals surface area contributed by atoms with Gasteiger partial charge in [-0.15, -0.1) is 0 Å². The van der Waals surface area contributed by atoms with Crippen molar-refractivity contribution >= 4 is 21.9 Å². The highest BCUT2D eigenvalue weighted by Crippen LogP contribution is 2.53. The third-order valence-electron chi connectivity index (χ3n) is 5.80. The van der Waals surface area contributed by atoms with Crippen LogP contribution in [0, 0.1) is 0 Å². The van der Waals surface area contributed by atoms with Gasteiger partial charge < -0.3 is 9.47 Å². The van der Waals surface area contributed by atoms with Gasteiger partial charge in [-0.2, -0.15) is 13.2 Å². The number of hydrogen-bond acceptors (Lipinski definition) is 2. The number of benzene rings is 4. The van der Waals surface area contributed by atoms with Gasteiger partial charge >= 0.3 is 6.18 Å². The van der Waals surface area contributed by atoms with Crippen molar-refractivity contribution in [2.24, 2.45) is 0 Å².